The van der Waals surface area contributed by atoms with Crippen LogP contribution in [0.5, 0.6) is 0 Å². The van der Waals surface area contributed by atoms with Gasteiger partial charge in [-0.15, -0.1) is 0 Å². The fourth-order valence-corrected chi connectivity index (χ4v) is 2.19. The summed E-state index contributed by atoms with van der Waals surface area (Å²) < 4.78 is 24.1. The summed E-state index contributed by atoms with van der Waals surface area (Å²) in [5.74, 6) is 0. The Bertz CT molecular complexity index is 646. The van der Waals surface area contributed by atoms with E-state index in [2.05, 4.69) is 5.10 Å². The fourth-order valence-electron chi connectivity index (χ4n) is 1.76. The van der Waals surface area contributed by atoms with E-state index in [-0.39, 0.29) is 0 Å². The van der Waals surface area contributed by atoms with E-state index < -0.39 is 15.3 Å². The minimum absolute atomic E-state index is 0.417. The Kier molecular flexibility index (Phi) is 2.92. The van der Waals surface area contributed by atoms with E-state index >= 15 is 0 Å². The van der Waals surface area contributed by atoms with Crippen LogP contribution in [0.3, 0.4) is 0 Å². The molecule has 1 heterocycles. The average Bonchev–Trinajstić information content (AvgIpc) is 2.59. The predicted octanol–water partition coefficient (Wildman–Crippen LogP) is 0.793. The second-order valence-corrected chi connectivity index (χ2v) is 6.25. The molecule has 1 atom stereocenters. The van der Waals surface area contributed by atoms with Crippen LogP contribution < -0.4 is 5.14 Å². The Morgan fingerprint density at radius 3 is 2.82 bits per heavy atom. The van der Waals surface area contributed by atoms with Gasteiger partial charge in [-0.25, -0.2) is 13.6 Å². The summed E-state index contributed by atoms with van der Waals surface area (Å²) in [6.07, 6.45) is 2.20. The van der Waals surface area contributed by atoms with Gasteiger partial charge in [0.1, 0.15) is 0 Å². The lowest BCUT2D eigenvalue weighted by Gasteiger charge is -2.09. The summed E-state index contributed by atoms with van der Waals surface area (Å²) >= 11 is 0. The van der Waals surface area contributed by atoms with Crippen molar-refractivity contribution in [1.82, 2.24) is 9.78 Å². The molecule has 17 heavy (non-hydrogen) atoms. The van der Waals surface area contributed by atoms with E-state index in [1.807, 2.05) is 25.2 Å². The molecule has 0 saturated heterocycles. The largest absolute Gasteiger partial charge is 0.268 e. The zero-order valence-corrected chi connectivity index (χ0v) is 10.6. The van der Waals surface area contributed by atoms with Crippen molar-refractivity contribution in [3.63, 3.8) is 0 Å². The van der Waals surface area contributed by atoms with Gasteiger partial charge in [0, 0.05) is 12.4 Å². The van der Waals surface area contributed by atoms with Crippen molar-refractivity contribution in [2.24, 2.45) is 12.2 Å². The fraction of sp³-hybridized carbons (Fsp3) is 0.364. The van der Waals surface area contributed by atoms with Crippen molar-refractivity contribution in [1.29, 1.82) is 0 Å². The van der Waals surface area contributed by atoms with Crippen LogP contribution in [0.4, 0.5) is 0 Å². The number of nitrogens with two attached hydrogens (primary N) is 1. The number of nitrogens with zero attached hydrogens (tertiary/aromatic N) is 2. The molecule has 0 radical (unpaired) electrons. The number of aryl methyl sites for hydroxylation is 1. The molecule has 5 nitrogen and oxygen atoms in total. The highest BCUT2D eigenvalue weighted by Crippen LogP contribution is 2.17. The average molecular weight is 253 g/mol. The summed E-state index contributed by atoms with van der Waals surface area (Å²) in [4.78, 5) is 0. The van der Waals surface area contributed by atoms with Crippen LogP contribution in [-0.2, 0) is 23.5 Å². The number of fused-ring (bicyclic) bond motifs is 1. The van der Waals surface area contributed by atoms with E-state index in [0.717, 1.165) is 16.5 Å². The van der Waals surface area contributed by atoms with Crippen molar-refractivity contribution in [2.75, 3.05) is 0 Å². The van der Waals surface area contributed by atoms with Gasteiger partial charge in [-0.3, -0.25) is 4.68 Å². The lowest BCUT2D eigenvalue weighted by molar-refractivity contribution is 0.584. The Labute approximate surface area is 100 Å². The minimum atomic E-state index is -3.47. The highest BCUT2D eigenvalue weighted by atomic mass is 32.2. The van der Waals surface area contributed by atoms with Gasteiger partial charge >= 0.3 is 0 Å². The van der Waals surface area contributed by atoms with Gasteiger partial charge in [0.25, 0.3) is 0 Å². The number of aromatic nitrogens is 2. The van der Waals surface area contributed by atoms with Crippen molar-refractivity contribution in [3.05, 3.63) is 30.0 Å². The van der Waals surface area contributed by atoms with Crippen LogP contribution in [0.2, 0.25) is 0 Å². The molecule has 1 aromatic carbocycles. The van der Waals surface area contributed by atoms with Crippen LogP contribution in [0.25, 0.3) is 10.9 Å². The van der Waals surface area contributed by atoms with Gasteiger partial charge < -0.3 is 0 Å². The van der Waals surface area contributed by atoms with E-state index in [9.17, 15) is 8.42 Å². The molecule has 6 heteroatoms. The molecule has 0 aliphatic carbocycles. The molecule has 2 aromatic rings. The van der Waals surface area contributed by atoms with Gasteiger partial charge in [-0.2, -0.15) is 5.10 Å². The maximum atomic E-state index is 11.2. The number of sulfonamides is 1. The van der Waals surface area contributed by atoms with Gasteiger partial charge in [0.15, 0.2) is 0 Å². The number of primary sulfonamides is 1. The molecular weight excluding hydrogens is 238 g/mol. The minimum Gasteiger partial charge on any atom is -0.268 e. The first-order chi connectivity index (χ1) is 7.88. The smallest absolute Gasteiger partial charge is 0.212 e. The Balaban J connectivity index is 2.34. The summed E-state index contributed by atoms with van der Waals surface area (Å²) in [6.45, 7) is 1.61. The summed E-state index contributed by atoms with van der Waals surface area (Å²) in [7, 11) is -1.62. The topological polar surface area (TPSA) is 78.0 Å². The van der Waals surface area contributed by atoms with Crippen molar-refractivity contribution < 1.29 is 8.42 Å². The Morgan fingerprint density at radius 1 is 1.47 bits per heavy atom. The first-order valence-electron chi connectivity index (χ1n) is 5.30. The second kappa shape index (κ2) is 4.12. The molecule has 2 rings (SSSR count). The van der Waals surface area contributed by atoms with Crippen molar-refractivity contribution >= 4 is 20.9 Å². The normalized spacial score (nSPS) is 14.1. The first-order valence-corrected chi connectivity index (χ1v) is 6.91. The van der Waals surface area contributed by atoms with Gasteiger partial charge in [-0.1, -0.05) is 12.1 Å². The van der Waals surface area contributed by atoms with Crippen molar-refractivity contribution in [3.8, 4) is 0 Å². The van der Waals surface area contributed by atoms with E-state index in [1.54, 1.807) is 17.8 Å². The zero-order valence-electron chi connectivity index (χ0n) is 9.79. The molecule has 1 aromatic heterocycles. The predicted molar refractivity (Wildman–Crippen MR) is 67.0 cm³/mol. The Hall–Kier alpha value is -1.40. The van der Waals surface area contributed by atoms with Crippen LogP contribution in [0, 0.1) is 0 Å². The quantitative estimate of drug-likeness (QED) is 0.878. The molecule has 0 bridgehead atoms. The van der Waals surface area contributed by atoms with Crippen molar-refractivity contribution in [2.45, 2.75) is 18.6 Å². The molecule has 92 valence electrons. The van der Waals surface area contributed by atoms with E-state index in [4.69, 9.17) is 5.14 Å². The third kappa shape index (κ3) is 2.48. The summed E-state index contributed by atoms with van der Waals surface area (Å²) in [6, 6.07) is 5.79. The van der Waals surface area contributed by atoms with E-state index in [1.165, 1.54) is 0 Å². The molecule has 0 aliphatic heterocycles. The number of benzene rings is 1. The first kappa shape index (κ1) is 12.1. The molecular formula is C11H15N3O2S. The lowest BCUT2D eigenvalue weighted by atomic mass is 10.1. The number of hydrogen-bond acceptors (Lipinski definition) is 3. The molecule has 0 saturated carbocycles. The maximum absolute atomic E-state index is 11.2. The molecule has 0 amide bonds. The van der Waals surface area contributed by atoms with Gasteiger partial charge in [0.2, 0.25) is 10.0 Å². The van der Waals surface area contributed by atoms with Crippen LogP contribution in [0.1, 0.15) is 12.5 Å². The zero-order chi connectivity index (χ0) is 12.6. The highest BCUT2D eigenvalue weighted by Gasteiger charge is 2.16. The lowest BCUT2D eigenvalue weighted by Crippen LogP contribution is -2.27. The second-order valence-electron chi connectivity index (χ2n) is 4.27. The van der Waals surface area contributed by atoms with Gasteiger partial charge in [0.05, 0.1) is 17.0 Å². The SMILES string of the molecule is CC(Cc1ccc2cnn(C)c2c1)S(N)(=O)=O. The molecule has 0 fully saturated rings. The van der Waals surface area contributed by atoms with Gasteiger partial charge in [-0.05, 0) is 25.0 Å². The Morgan fingerprint density at radius 2 is 2.18 bits per heavy atom. The molecule has 1 unspecified atom stereocenters. The molecule has 0 aliphatic rings. The standard InChI is InChI=1S/C11H15N3O2S/c1-8(17(12,15)16)5-9-3-4-10-7-13-14(2)11(10)6-9/h3-4,6-8H,5H2,1-2H3,(H2,12,15,16). The monoisotopic (exact) mass is 253 g/mol. The highest BCUT2D eigenvalue weighted by molar-refractivity contribution is 7.89. The third-order valence-electron chi connectivity index (χ3n) is 2.90. The van der Waals surface area contributed by atoms with Crippen LogP contribution >= 0.6 is 0 Å². The van der Waals surface area contributed by atoms with E-state index in [0.29, 0.717) is 6.42 Å². The number of rotatable bonds is 3. The maximum Gasteiger partial charge on any atom is 0.212 e. The summed E-state index contributed by atoms with van der Waals surface area (Å²) in [5, 5.41) is 9.71. The number of hydrogen-bond donors (Lipinski definition) is 1. The van der Waals surface area contributed by atoms with Crippen LogP contribution in [0.15, 0.2) is 24.4 Å². The molecule has 0 spiro atoms. The third-order valence-corrected chi connectivity index (χ3v) is 4.19. The molecule has 2 N–H and O–H groups in total. The summed E-state index contributed by atoms with van der Waals surface area (Å²) in [5.41, 5.74) is 1.94. The van der Waals surface area contributed by atoms with Crippen LogP contribution in [-0.4, -0.2) is 23.4 Å².